The number of carbonyl (C=O) groups is 2. The summed E-state index contributed by atoms with van der Waals surface area (Å²) in [6.07, 6.45) is 1.65. The monoisotopic (exact) mass is 335 g/mol. The highest BCUT2D eigenvalue weighted by Gasteiger charge is 2.18. The third-order valence-electron chi connectivity index (χ3n) is 3.66. The van der Waals surface area contributed by atoms with Crippen LogP contribution < -0.4 is 10.1 Å². The number of para-hydroxylation sites is 1. The van der Waals surface area contributed by atoms with Crippen LogP contribution in [-0.2, 0) is 0 Å². The molecule has 3 rings (SSSR count). The second-order valence-corrected chi connectivity index (χ2v) is 5.42. The molecule has 0 radical (unpaired) electrons. The lowest BCUT2D eigenvalue weighted by molar-refractivity contribution is 0.100. The van der Waals surface area contributed by atoms with Gasteiger partial charge in [-0.2, -0.15) is 5.10 Å². The lowest BCUT2D eigenvalue weighted by Gasteiger charge is -2.05. The first kappa shape index (κ1) is 16.4. The first-order chi connectivity index (χ1) is 12.1. The van der Waals surface area contributed by atoms with Gasteiger partial charge in [0.15, 0.2) is 17.2 Å². The van der Waals surface area contributed by atoms with Crippen LogP contribution in [0.1, 0.15) is 27.8 Å². The molecule has 2 aromatic carbocycles. The molecule has 0 spiro atoms. The van der Waals surface area contributed by atoms with Gasteiger partial charge in [-0.05, 0) is 31.2 Å². The Morgan fingerprint density at radius 1 is 1.08 bits per heavy atom. The lowest BCUT2D eigenvalue weighted by atomic mass is 10.1. The third-order valence-corrected chi connectivity index (χ3v) is 3.66. The highest BCUT2D eigenvalue weighted by molar-refractivity contribution is 6.05. The summed E-state index contributed by atoms with van der Waals surface area (Å²) in [6, 6.07) is 16.2. The number of ketones is 1. The number of Topliss-reactive ketones (excluding diaryl/α,β-unsaturated/α-hetero) is 1. The van der Waals surface area contributed by atoms with Gasteiger partial charge < -0.3 is 10.1 Å². The molecule has 0 fully saturated rings. The number of carbonyl (C=O) groups excluding carboxylic acids is 2. The number of rotatable bonds is 5. The molecule has 0 unspecified atom stereocenters. The van der Waals surface area contributed by atoms with Crippen LogP contribution in [0.25, 0.3) is 5.69 Å². The first-order valence-corrected chi connectivity index (χ1v) is 7.70. The third kappa shape index (κ3) is 3.58. The number of nitrogens with one attached hydrogen (secondary N) is 1. The molecule has 0 aliphatic carbocycles. The van der Waals surface area contributed by atoms with E-state index in [2.05, 4.69) is 10.4 Å². The van der Waals surface area contributed by atoms with Crippen molar-refractivity contribution in [3.8, 4) is 11.4 Å². The molecule has 25 heavy (non-hydrogen) atoms. The number of hydrogen-bond donors (Lipinski definition) is 1. The zero-order valence-electron chi connectivity index (χ0n) is 13.9. The summed E-state index contributed by atoms with van der Waals surface area (Å²) in [6.45, 7) is 1.48. The zero-order valence-corrected chi connectivity index (χ0v) is 13.9. The average Bonchev–Trinajstić information content (AvgIpc) is 3.07. The summed E-state index contributed by atoms with van der Waals surface area (Å²) < 4.78 is 6.85. The van der Waals surface area contributed by atoms with Crippen LogP contribution in [-0.4, -0.2) is 28.6 Å². The Bertz CT molecular complexity index is 917. The Kier molecular flexibility index (Phi) is 4.61. The van der Waals surface area contributed by atoms with Gasteiger partial charge in [-0.25, -0.2) is 4.68 Å². The largest absolute Gasteiger partial charge is 0.493 e. The number of anilines is 1. The molecule has 6 heteroatoms. The summed E-state index contributed by atoms with van der Waals surface area (Å²) >= 11 is 0. The molecule has 1 aromatic heterocycles. The Morgan fingerprint density at radius 3 is 2.52 bits per heavy atom. The van der Waals surface area contributed by atoms with Gasteiger partial charge in [0.1, 0.15) is 0 Å². The molecule has 0 aliphatic rings. The minimum absolute atomic E-state index is 0.0676. The van der Waals surface area contributed by atoms with Crippen molar-refractivity contribution in [3.05, 3.63) is 72.1 Å². The highest BCUT2D eigenvalue weighted by Crippen LogP contribution is 2.21. The number of ether oxygens (including phenoxy) is 1. The van der Waals surface area contributed by atoms with E-state index in [1.165, 1.54) is 14.0 Å². The predicted molar refractivity (Wildman–Crippen MR) is 94.5 cm³/mol. The summed E-state index contributed by atoms with van der Waals surface area (Å²) in [5, 5.41) is 7.06. The lowest BCUT2D eigenvalue weighted by Crippen LogP contribution is -2.14. The summed E-state index contributed by atoms with van der Waals surface area (Å²) in [7, 11) is 1.49. The molecule has 1 N–H and O–H groups in total. The van der Waals surface area contributed by atoms with Gasteiger partial charge in [0, 0.05) is 11.3 Å². The van der Waals surface area contributed by atoms with Crippen molar-refractivity contribution in [2.24, 2.45) is 0 Å². The summed E-state index contributed by atoms with van der Waals surface area (Å²) in [5.41, 5.74) is 2.03. The van der Waals surface area contributed by atoms with Crippen molar-refractivity contribution in [3.63, 3.8) is 0 Å². The molecule has 0 saturated heterocycles. The van der Waals surface area contributed by atoms with Crippen LogP contribution >= 0.6 is 0 Å². The van der Waals surface area contributed by atoms with Gasteiger partial charge in [-0.1, -0.05) is 30.3 Å². The fraction of sp³-hybridized carbons (Fsp3) is 0.105. The first-order valence-electron chi connectivity index (χ1n) is 7.70. The zero-order chi connectivity index (χ0) is 17.8. The number of amides is 1. The minimum atomic E-state index is -0.410. The molecule has 3 aromatic rings. The second-order valence-electron chi connectivity index (χ2n) is 5.42. The SMILES string of the molecule is COc1cn(-c2ccccc2)nc1C(=O)Nc1cccc(C(C)=O)c1. The van der Waals surface area contributed by atoms with Gasteiger partial charge in [-0.15, -0.1) is 0 Å². The predicted octanol–water partition coefficient (Wildman–Crippen LogP) is 3.34. The van der Waals surface area contributed by atoms with Crippen LogP contribution in [0.3, 0.4) is 0 Å². The molecule has 0 atom stereocenters. The fourth-order valence-electron chi connectivity index (χ4n) is 2.38. The summed E-state index contributed by atoms with van der Waals surface area (Å²) in [5.74, 6) is -0.113. The van der Waals surface area contributed by atoms with Gasteiger partial charge in [-0.3, -0.25) is 9.59 Å². The van der Waals surface area contributed by atoms with Gasteiger partial charge in [0.25, 0.3) is 5.91 Å². The van der Waals surface area contributed by atoms with Crippen molar-refractivity contribution in [2.45, 2.75) is 6.92 Å². The molecular weight excluding hydrogens is 318 g/mol. The van der Waals surface area contributed by atoms with Gasteiger partial charge in [0.05, 0.1) is 19.0 Å². The normalized spacial score (nSPS) is 10.3. The topological polar surface area (TPSA) is 73.2 Å². The van der Waals surface area contributed by atoms with E-state index in [9.17, 15) is 9.59 Å². The number of hydrogen-bond acceptors (Lipinski definition) is 4. The average molecular weight is 335 g/mol. The van der Waals surface area contributed by atoms with Crippen molar-refractivity contribution in [1.82, 2.24) is 9.78 Å². The molecule has 126 valence electrons. The van der Waals surface area contributed by atoms with Crippen LogP contribution in [0.4, 0.5) is 5.69 Å². The van der Waals surface area contributed by atoms with E-state index < -0.39 is 5.91 Å². The Morgan fingerprint density at radius 2 is 1.84 bits per heavy atom. The number of nitrogens with zero attached hydrogens (tertiary/aromatic N) is 2. The Hall–Kier alpha value is -3.41. The van der Waals surface area contributed by atoms with Crippen LogP contribution in [0, 0.1) is 0 Å². The number of benzene rings is 2. The second kappa shape index (κ2) is 7.00. The van der Waals surface area contributed by atoms with Crippen molar-refractivity contribution in [1.29, 1.82) is 0 Å². The maximum absolute atomic E-state index is 12.6. The standard InChI is InChI=1S/C19H17N3O3/c1-13(23)14-7-6-8-15(11-14)20-19(24)18-17(25-2)12-22(21-18)16-9-4-3-5-10-16/h3-12H,1-2H3,(H,20,24). The summed E-state index contributed by atoms with van der Waals surface area (Å²) in [4.78, 5) is 24.0. The Balaban J connectivity index is 1.88. The van der Waals surface area contributed by atoms with E-state index in [0.717, 1.165) is 5.69 Å². The van der Waals surface area contributed by atoms with Crippen LogP contribution in [0.5, 0.6) is 5.75 Å². The van der Waals surface area contributed by atoms with Crippen molar-refractivity contribution < 1.29 is 14.3 Å². The van der Waals surface area contributed by atoms with Crippen LogP contribution in [0.15, 0.2) is 60.8 Å². The van der Waals surface area contributed by atoms with Crippen LogP contribution in [0.2, 0.25) is 0 Å². The van der Waals surface area contributed by atoms with E-state index in [-0.39, 0.29) is 11.5 Å². The molecule has 6 nitrogen and oxygen atoms in total. The van der Waals surface area contributed by atoms with Crippen molar-refractivity contribution in [2.75, 3.05) is 12.4 Å². The van der Waals surface area contributed by atoms with Gasteiger partial charge >= 0.3 is 0 Å². The number of methoxy groups -OCH3 is 1. The molecule has 0 saturated carbocycles. The smallest absolute Gasteiger partial charge is 0.280 e. The molecular formula is C19H17N3O3. The van der Waals surface area contributed by atoms with Gasteiger partial charge in [0.2, 0.25) is 0 Å². The van der Waals surface area contributed by atoms with E-state index in [1.54, 1.807) is 35.1 Å². The van der Waals surface area contributed by atoms with E-state index in [0.29, 0.717) is 17.0 Å². The quantitative estimate of drug-likeness (QED) is 0.726. The Labute approximate surface area is 145 Å². The fourth-order valence-corrected chi connectivity index (χ4v) is 2.38. The maximum Gasteiger partial charge on any atom is 0.280 e. The minimum Gasteiger partial charge on any atom is -0.493 e. The molecule has 0 bridgehead atoms. The van der Waals surface area contributed by atoms with Crippen molar-refractivity contribution >= 4 is 17.4 Å². The van der Waals surface area contributed by atoms with E-state index in [4.69, 9.17) is 4.74 Å². The van der Waals surface area contributed by atoms with E-state index >= 15 is 0 Å². The highest BCUT2D eigenvalue weighted by atomic mass is 16.5. The molecule has 1 heterocycles. The molecule has 1 amide bonds. The molecule has 0 aliphatic heterocycles. The van der Waals surface area contributed by atoms with E-state index in [1.807, 2.05) is 30.3 Å². The maximum atomic E-state index is 12.6. The number of aromatic nitrogens is 2.